The Bertz CT molecular complexity index is 170. The highest BCUT2D eigenvalue weighted by atomic mass is 17.0. The van der Waals surface area contributed by atoms with Crippen LogP contribution in [0, 0.1) is 20.2 Å². The van der Waals surface area contributed by atoms with E-state index in [0.29, 0.717) is 0 Å². The first-order valence-electron chi connectivity index (χ1n) is 2.82. The SMILES string of the molecule is O=[N+]([O-])OCC=CCO[N+](=O)[O-]. The standard InChI is InChI=1S/C4H6N2O6/c7-5(8)11-3-1-2-4-12-6(9)10/h1-2H,3-4H2. The third kappa shape index (κ3) is 8.14. The smallest absolute Gasteiger partial charge is 0.294 e. The van der Waals surface area contributed by atoms with E-state index in [2.05, 4.69) is 9.68 Å². The van der Waals surface area contributed by atoms with Gasteiger partial charge >= 0.3 is 0 Å². The summed E-state index contributed by atoms with van der Waals surface area (Å²) >= 11 is 0. The Labute approximate surface area is 66.6 Å². The highest BCUT2D eigenvalue weighted by Crippen LogP contribution is 1.80. The molecule has 0 saturated carbocycles. The van der Waals surface area contributed by atoms with Gasteiger partial charge in [0.1, 0.15) is 13.2 Å². The second-order valence-electron chi connectivity index (χ2n) is 1.51. The Morgan fingerprint density at radius 3 is 1.58 bits per heavy atom. The summed E-state index contributed by atoms with van der Waals surface area (Å²) in [4.78, 5) is 26.8. The van der Waals surface area contributed by atoms with Crippen molar-refractivity contribution in [1.29, 1.82) is 0 Å². The summed E-state index contributed by atoms with van der Waals surface area (Å²) in [5.41, 5.74) is 0. The molecular weight excluding hydrogens is 172 g/mol. The molecule has 0 N–H and O–H groups in total. The number of rotatable bonds is 6. The van der Waals surface area contributed by atoms with Crippen LogP contribution in [0.2, 0.25) is 0 Å². The molecule has 0 aromatic heterocycles. The molecule has 8 nitrogen and oxygen atoms in total. The highest BCUT2D eigenvalue weighted by molar-refractivity contribution is 4.79. The van der Waals surface area contributed by atoms with E-state index >= 15 is 0 Å². The van der Waals surface area contributed by atoms with Gasteiger partial charge in [0.15, 0.2) is 0 Å². The Kier molecular flexibility index (Phi) is 4.98. The van der Waals surface area contributed by atoms with E-state index < -0.39 is 10.2 Å². The maximum atomic E-state index is 9.55. The third-order valence-electron chi connectivity index (χ3n) is 0.719. The van der Waals surface area contributed by atoms with Crippen LogP contribution in [0.3, 0.4) is 0 Å². The van der Waals surface area contributed by atoms with E-state index in [1.165, 1.54) is 12.2 Å². The first kappa shape index (κ1) is 10.1. The zero-order chi connectivity index (χ0) is 9.40. The van der Waals surface area contributed by atoms with Crippen LogP contribution in [-0.4, -0.2) is 23.4 Å². The van der Waals surface area contributed by atoms with Crippen molar-refractivity contribution in [1.82, 2.24) is 0 Å². The van der Waals surface area contributed by atoms with Gasteiger partial charge in [-0.1, -0.05) is 12.2 Å². The lowest BCUT2D eigenvalue weighted by atomic mass is 10.5. The maximum absolute atomic E-state index is 9.55. The predicted molar refractivity (Wildman–Crippen MR) is 35.0 cm³/mol. The zero-order valence-corrected chi connectivity index (χ0v) is 5.91. The number of hydrogen-bond acceptors (Lipinski definition) is 6. The summed E-state index contributed by atoms with van der Waals surface area (Å²) in [5, 5.41) is 17.2. The molecule has 0 radical (unpaired) electrons. The van der Waals surface area contributed by atoms with Crippen LogP contribution < -0.4 is 0 Å². The van der Waals surface area contributed by atoms with Gasteiger partial charge in [-0.2, -0.15) is 0 Å². The molecule has 0 spiro atoms. The summed E-state index contributed by atoms with van der Waals surface area (Å²) in [5.74, 6) is 0. The van der Waals surface area contributed by atoms with Crippen LogP contribution in [0.15, 0.2) is 12.2 Å². The van der Waals surface area contributed by atoms with Crippen molar-refractivity contribution in [3.05, 3.63) is 32.4 Å². The van der Waals surface area contributed by atoms with Gasteiger partial charge in [0.05, 0.1) is 0 Å². The van der Waals surface area contributed by atoms with Gasteiger partial charge in [0.25, 0.3) is 10.2 Å². The van der Waals surface area contributed by atoms with Gasteiger partial charge in [-0.05, 0) is 0 Å². The molecule has 0 fully saturated rings. The molecule has 0 atom stereocenters. The van der Waals surface area contributed by atoms with Gasteiger partial charge < -0.3 is 9.68 Å². The average Bonchev–Trinajstić information content (AvgIpc) is 1.95. The molecule has 0 aliphatic rings. The fourth-order valence-electron chi connectivity index (χ4n) is 0.344. The van der Waals surface area contributed by atoms with Gasteiger partial charge in [0, 0.05) is 0 Å². The molecule has 0 heterocycles. The van der Waals surface area contributed by atoms with E-state index in [1.54, 1.807) is 0 Å². The molecular formula is C4H6N2O6. The van der Waals surface area contributed by atoms with E-state index in [9.17, 15) is 20.2 Å². The molecule has 0 unspecified atom stereocenters. The van der Waals surface area contributed by atoms with Crippen molar-refractivity contribution in [2.75, 3.05) is 13.2 Å². The highest BCUT2D eigenvalue weighted by Gasteiger charge is 1.90. The molecule has 0 bridgehead atoms. The largest absolute Gasteiger partial charge is 0.310 e. The Morgan fingerprint density at radius 2 is 1.33 bits per heavy atom. The van der Waals surface area contributed by atoms with Crippen LogP contribution >= 0.6 is 0 Å². The monoisotopic (exact) mass is 178 g/mol. The van der Waals surface area contributed by atoms with Crippen LogP contribution in [-0.2, 0) is 9.68 Å². The van der Waals surface area contributed by atoms with Crippen LogP contribution in [0.4, 0.5) is 0 Å². The van der Waals surface area contributed by atoms with Crippen LogP contribution in [0.1, 0.15) is 0 Å². The molecule has 0 saturated heterocycles. The minimum Gasteiger partial charge on any atom is -0.310 e. The van der Waals surface area contributed by atoms with Gasteiger partial charge in [0.2, 0.25) is 0 Å². The molecule has 0 amide bonds. The van der Waals surface area contributed by atoms with Crippen molar-refractivity contribution in [3.8, 4) is 0 Å². The molecule has 8 heteroatoms. The topological polar surface area (TPSA) is 105 Å². The third-order valence-corrected chi connectivity index (χ3v) is 0.719. The first-order chi connectivity index (χ1) is 5.63. The Morgan fingerprint density at radius 1 is 1.00 bits per heavy atom. The lowest BCUT2D eigenvalue weighted by Gasteiger charge is -1.91. The summed E-state index contributed by atoms with van der Waals surface area (Å²) in [6, 6.07) is 0. The van der Waals surface area contributed by atoms with E-state index in [1.807, 2.05) is 0 Å². The Balaban J connectivity index is 3.26. The molecule has 68 valence electrons. The molecule has 0 aliphatic carbocycles. The number of nitrogens with zero attached hydrogens (tertiary/aromatic N) is 2. The normalized spacial score (nSPS) is 9.67. The fraction of sp³-hybridized carbons (Fsp3) is 0.500. The molecule has 0 aromatic rings. The quantitative estimate of drug-likeness (QED) is 0.321. The summed E-state index contributed by atoms with van der Waals surface area (Å²) in [6.45, 7) is -0.484. The van der Waals surface area contributed by atoms with Crippen molar-refractivity contribution in [3.63, 3.8) is 0 Å². The summed E-state index contributed by atoms with van der Waals surface area (Å²) in [6.07, 6.45) is 2.48. The van der Waals surface area contributed by atoms with Gasteiger partial charge in [-0.15, -0.1) is 20.2 Å². The molecule has 0 aliphatic heterocycles. The van der Waals surface area contributed by atoms with E-state index in [0.717, 1.165) is 0 Å². The van der Waals surface area contributed by atoms with Crippen molar-refractivity contribution in [2.45, 2.75) is 0 Å². The first-order valence-corrected chi connectivity index (χ1v) is 2.82. The lowest BCUT2D eigenvalue weighted by molar-refractivity contribution is -0.756. The summed E-state index contributed by atoms with van der Waals surface area (Å²) in [7, 11) is 0. The lowest BCUT2D eigenvalue weighted by Crippen LogP contribution is -2.01. The van der Waals surface area contributed by atoms with Gasteiger partial charge in [-0.25, -0.2) is 0 Å². The Hall–Kier alpha value is -1.86. The zero-order valence-electron chi connectivity index (χ0n) is 5.91. The average molecular weight is 178 g/mol. The van der Waals surface area contributed by atoms with Gasteiger partial charge in [-0.3, -0.25) is 0 Å². The minimum atomic E-state index is -0.960. The van der Waals surface area contributed by atoms with Crippen LogP contribution in [0.5, 0.6) is 0 Å². The van der Waals surface area contributed by atoms with Crippen molar-refractivity contribution in [2.24, 2.45) is 0 Å². The molecule has 0 aromatic carbocycles. The van der Waals surface area contributed by atoms with E-state index in [-0.39, 0.29) is 13.2 Å². The minimum absolute atomic E-state index is 0.242. The van der Waals surface area contributed by atoms with E-state index in [4.69, 9.17) is 0 Å². The number of hydrogen-bond donors (Lipinski definition) is 0. The second-order valence-corrected chi connectivity index (χ2v) is 1.51. The van der Waals surface area contributed by atoms with Crippen molar-refractivity contribution >= 4 is 0 Å². The van der Waals surface area contributed by atoms with Crippen LogP contribution in [0.25, 0.3) is 0 Å². The molecule has 12 heavy (non-hydrogen) atoms. The fourth-order valence-corrected chi connectivity index (χ4v) is 0.344. The van der Waals surface area contributed by atoms with Crippen molar-refractivity contribution < 1.29 is 19.8 Å². The predicted octanol–water partition coefficient (Wildman–Crippen LogP) is -0.0408. The maximum Gasteiger partial charge on any atom is 0.294 e. The second kappa shape index (κ2) is 5.89. The molecule has 0 rings (SSSR count). The summed E-state index contributed by atoms with van der Waals surface area (Å²) < 4.78 is 0.